The first-order valence-corrected chi connectivity index (χ1v) is 6.23. The summed E-state index contributed by atoms with van der Waals surface area (Å²) in [7, 11) is 0. The Kier molecular flexibility index (Phi) is 3.99. The Morgan fingerprint density at radius 2 is 2.24 bits per heavy atom. The number of aryl methyl sites for hydroxylation is 1. The lowest BCUT2D eigenvalue weighted by Gasteiger charge is -2.18. The van der Waals surface area contributed by atoms with E-state index in [1.807, 2.05) is 12.1 Å². The second-order valence-electron chi connectivity index (χ2n) is 4.06. The smallest absolute Gasteiger partial charge is 0.0935 e. The van der Waals surface area contributed by atoms with Crippen molar-refractivity contribution in [1.29, 1.82) is 0 Å². The van der Waals surface area contributed by atoms with Gasteiger partial charge in [0.15, 0.2) is 0 Å². The van der Waals surface area contributed by atoms with Gasteiger partial charge in [-0.1, -0.05) is 22.0 Å². The molecular formula is C13H15BrN2O. The monoisotopic (exact) mass is 294 g/mol. The molecule has 0 spiro atoms. The third kappa shape index (κ3) is 2.97. The molecule has 0 aliphatic rings. The van der Waals surface area contributed by atoms with E-state index in [1.54, 1.807) is 12.5 Å². The Balaban J connectivity index is 2.23. The lowest BCUT2D eigenvalue weighted by Crippen LogP contribution is -2.30. The van der Waals surface area contributed by atoms with Crippen molar-refractivity contribution in [3.63, 3.8) is 0 Å². The van der Waals surface area contributed by atoms with E-state index in [0.717, 1.165) is 16.5 Å². The first-order valence-electron chi connectivity index (χ1n) is 5.44. The van der Waals surface area contributed by atoms with E-state index in [-0.39, 0.29) is 6.04 Å². The number of nitrogens with one attached hydrogen (secondary N) is 1. The fourth-order valence-corrected chi connectivity index (χ4v) is 2.41. The van der Waals surface area contributed by atoms with Crippen molar-refractivity contribution in [2.75, 3.05) is 0 Å². The summed E-state index contributed by atoms with van der Waals surface area (Å²) in [4.78, 5) is 0. The first kappa shape index (κ1) is 12.4. The second kappa shape index (κ2) is 5.49. The first-order chi connectivity index (χ1) is 8.20. The predicted molar refractivity (Wildman–Crippen MR) is 71.4 cm³/mol. The summed E-state index contributed by atoms with van der Waals surface area (Å²) in [5, 5.41) is 0. The minimum atomic E-state index is 0.0979. The summed E-state index contributed by atoms with van der Waals surface area (Å²) < 4.78 is 6.15. The Hall–Kier alpha value is -1.10. The van der Waals surface area contributed by atoms with E-state index in [9.17, 15) is 0 Å². The highest BCUT2D eigenvalue weighted by molar-refractivity contribution is 9.10. The maximum atomic E-state index is 5.64. The number of rotatable bonds is 4. The highest BCUT2D eigenvalue weighted by Gasteiger charge is 2.13. The maximum absolute atomic E-state index is 5.64. The highest BCUT2D eigenvalue weighted by atomic mass is 79.9. The van der Waals surface area contributed by atoms with Crippen molar-refractivity contribution < 1.29 is 4.42 Å². The van der Waals surface area contributed by atoms with E-state index in [1.165, 1.54) is 11.1 Å². The van der Waals surface area contributed by atoms with Gasteiger partial charge in [-0.05, 0) is 48.2 Å². The molecule has 90 valence electrons. The summed E-state index contributed by atoms with van der Waals surface area (Å²) in [6.07, 6.45) is 4.24. The quantitative estimate of drug-likeness (QED) is 0.673. The van der Waals surface area contributed by atoms with Gasteiger partial charge < -0.3 is 4.42 Å². The maximum Gasteiger partial charge on any atom is 0.0935 e. The van der Waals surface area contributed by atoms with Gasteiger partial charge in [-0.25, -0.2) is 0 Å². The van der Waals surface area contributed by atoms with Crippen LogP contribution >= 0.6 is 15.9 Å². The molecule has 4 heteroatoms. The molecule has 0 aliphatic carbocycles. The molecular weight excluding hydrogens is 280 g/mol. The van der Waals surface area contributed by atoms with Crippen molar-refractivity contribution in [2.24, 2.45) is 5.84 Å². The molecule has 0 saturated carbocycles. The van der Waals surface area contributed by atoms with Crippen LogP contribution in [0.15, 0.2) is 45.7 Å². The topological polar surface area (TPSA) is 51.2 Å². The largest absolute Gasteiger partial charge is 0.472 e. The Bertz CT molecular complexity index is 482. The molecule has 0 aliphatic heterocycles. The van der Waals surface area contributed by atoms with Crippen LogP contribution in [0.25, 0.3) is 0 Å². The van der Waals surface area contributed by atoms with Gasteiger partial charge in [0.2, 0.25) is 0 Å². The minimum absolute atomic E-state index is 0.0979. The Labute approximate surface area is 109 Å². The third-order valence-electron chi connectivity index (χ3n) is 2.83. The number of hydrazine groups is 1. The molecule has 0 saturated heterocycles. The standard InChI is InChI=1S/C13H15BrN2O/c1-9-6-11(14)2-3-12(9)13(16-15)7-10-4-5-17-8-10/h2-6,8,13,16H,7,15H2,1H3. The number of hydrogen-bond acceptors (Lipinski definition) is 3. The SMILES string of the molecule is Cc1cc(Br)ccc1C(Cc1ccoc1)NN. The van der Waals surface area contributed by atoms with Crippen molar-refractivity contribution >= 4 is 15.9 Å². The van der Waals surface area contributed by atoms with Crippen LogP contribution in [-0.4, -0.2) is 0 Å². The molecule has 1 atom stereocenters. The van der Waals surface area contributed by atoms with Crippen LogP contribution in [0.4, 0.5) is 0 Å². The Morgan fingerprint density at radius 3 is 2.82 bits per heavy atom. The van der Waals surface area contributed by atoms with Gasteiger partial charge in [0, 0.05) is 4.47 Å². The molecule has 0 bridgehead atoms. The van der Waals surface area contributed by atoms with Crippen LogP contribution in [0, 0.1) is 6.92 Å². The summed E-state index contributed by atoms with van der Waals surface area (Å²) in [6, 6.07) is 8.26. The number of nitrogens with two attached hydrogens (primary N) is 1. The average molecular weight is 295 g/mol. The lowest BCUT2D eigenvalue weighted by atomic mass is 9.97. The number of hydrogen-bond donors (Lipinski definition) is 2. The molecule has 1 heterocycles. The zero-order chi connectivity index (χ0) is 12.3. The van der Waals surface area contributed by atoms with Crippen molar-refractivity contribution in [3.8, 4) is 0 Å². The van der Waals surface area contributed by atoms with E-state index < -0.39 is 0 Å². The molecule has 17 heavy (non-hydrogen) atoms. The predicted octanol–water partition coefficient (Wildman–Crippen LogP) is 3.10. The van der Waals surface area contributed by atoms with Crippen molar-refractivity contribution in [1.82, 2.24) is 5.43 Å². The lowest BCUT2D eigenvalue weighted by molar-refractivity contribution is 0.534. The Morgan fingerprint density at radius 1 is 1.41 bits per heavy atom. The van der Waals surface area contributed by atoms with Gasteiger partial charge in [-0.15, -0.1) is 0 Å². The number of furan rings is 1. The van der Waals surface area contributed by atoms with Gasteiger partial charge in [0.25, 0.3) is 0 Å². The van der Waals surface area contributed by atoms with E-state index in [0.29, 0.717) is 0 Å². The summed E-state index contributed by atoms with van der Waals surface area (Å²) in [5.41, 5.74) is 6.41. The zero-order valence-electron chi connectivity index (χ0n) is 9.61. The molecule has 3 N–H and O–H groups in total. The molecule has 0 radical (unpaired) electrons. The van der Waals surface area contributed by atoms with Gasteiger partial charge in [-0.2, -0.15) is 0 Å². The van der Waals surface area contributed by atoms with Gasteiger partial charge in [0.05, 0.1) is 18.6 Å². The molecule has 2 rings (SSSR count). The fourth-order valence-electron chi connectivity index (χ4n) is 1.93. The normalized spacial score (nSPS) is 12.6. The molecule has 1 aromatic heterocycles. The summed E-state index contributed by atoms with van der Waals surface area (Å²) in [6.45, 7) is 2.08. The van der Waals surface area contributed by atoms with Crippen molar-refractivity contribution in [3.05, 3.63) is 58.0 Å². The van der Waals surface area contributed by atoms with E-state index >= 15 is 0 Å². The van der Waals surface area contributed by atoms with Gasteiger partial charge >= 0.3 is 0 Å². The molecule has 1 unspecified atom stereocenters. The fraction of sp³-hybridized carbons (Fsp3) is 0.231. The van der Waals surface area contributed by atoms with Gasteiger partial charge in [0.1, 0.15) is 0 Å². The number of halogens is 1. The van der Waals surface area contributed by atoms with Crippen molar-refractivity contribution in [2.45, 2.75) is 19.4 Å². The average Bonchev–Trinajstić information content (AvgIpc) is 2.79. The van der Waals surface area contributed by atoms with Crippen LogP contribution < -0.4 is 11.3 Å². The second-order valence-corrected chi connectivity index (χ2v) is 4.97. The molecule has 0 amide bonds. The summed E-state index contributed by atoms with van der Waals surface area (Å²) >= 11 is 3.46. The van der Waals surface area contributed by atoms with E-state index in [4.69, 9.17) is 10.3 Å². The summed E-state index contributed by atoms with van der Waals surface area (Å²) in [5.74, 6) is 5.64. The molecule has 2 aromatic rings. The molecule has 3 nitrogen and oxygen atoms in total. The van der Waals surface area contributed by atoms with Crippen LogP contribution in [0.2, 0.25) is 0 Å². The molecule has 1 aromatic carbocycles. The van der Waals surface area contributed by atoms with Crippen LogP contribution in [-0.2, 0) is 6.42 Å². The molecule has 0 fully saturated rings. The van der Waals surface area contributed by atoms with Crippen LogP contribution in [0.3, 0.4) is 0 Å². The zero-order valence-corrected chi connectivity index (χ0v) is 11.2. The highest BCUT2D eigenvalue weighted by Crippen LogP contribution is 2.24. The van der Waals surface area contributed by atoms with E-state index in [2.05, 4.69) is 40.4 Å². The van der Waals surface area contributed by atoms with Crippen LogP contribution in [0.5, 0.6) is 0 Å². The van der Waals surface area contributed by atoms with Crippen LogP contribution in [0.1, 0.15) is 22.7 Å². The third-order valence-corrected chi connectivity index (χ3v) is 3.32. The minimum Gasteiger partial charge on any atom is -0.472 e. The van der Waals surface area contributed by atoms with Gasteiger partial charge in [-0.3, -0.25) is 11.3 Å². The number of benzene rings is 1.